The Morgan fingerprint density at radius 2 is 2.00 bits per heavy atom. The number of aromatic amines is 2. The van der Waals surface area contributed by atoms with Crippen molar-refractivity contribution in [2.24, 2.45) is 0 Å². The highest BCUT2D eigenvalue weighted by molar-refractivity contribution is 7.92. The zero-order valence-electron chi connectivity index (χ0n) is 13.4. The lowest BCUT2D eigenvalue weighted by molar-refractivity contribution is 0.371. The number of H-pyrrole nitrogens is 2. The summed E-state index contributed by atoms with van der Waals surface area (Å²) < 4.78 is 50.4. The maximum Gasteiger partial charge on any atom is 0.326 e. The van der Waals surface area contributed by atoms with Crippen LogP contribution >= 0.6 is 0 Å². The highest BCUT2D eigenvalue weighted by Gasteiger charge is 2.38. The van der Waals surface area contributed by atoms with Crippen LogP contribution in [0.15, 0.2) is 32.7 Å². The molecule has 1 aliphatic heterocycles. The second-order valence-electron chi connectivity index (χ2n) is 5.93. The van der Waals surface area contributed by atoms with Crippen LogP contribution in [0, 0.1) is 12.3 Å². The number of rotatable bonds is 4. The summed E-state index contributed by atoms with van der Waals surface area (Å²) in [6.07, 6.45) is 5.43. The topological polar surface area (TPSA) is 137 Å². The first-order chi connectivity index (χ1) is 12.1. The molecule has 2 aromatic rings. The average Bonchev–Trinajstić information content (AvgIpc) is 2.91. The fourth-order valence-corrected chi connectivity index (χ4v) is 6.36. The minimum Gasteiger partial charge on any atom is -0.307 e. The van der Waals surface area contributed by atoms with E-state index in [1.165, 1.54) is 12.1 Å². The van der Waals surface area contributed by atoms with Crippen LogP contribution in [0.2, 0.25) is 0 Å². The molecule has 0 bridgehead atoms. The molecule has 0 spiro atoms. The molecule has 1 fully saturated rings. The van der Waals surface area contributed by atoms with Crippen LogP contribution in [0.3, 0.4) is 0 Å². The molecule has 1 aromatic carbocycles. The normalized spacial score (nSPS) is 19.6. The van der Waals surface area contributed by atoms with Gasteiger partial charge in [0, 0.05) is 6.04 Å². The average molecular weight is 397 g/mol. The maximum atomic E-state index is 13.0. The zero-order chi connectivity index (χ0) is 19.1. The third-order valence-electron chi connectivity index (χ3n) is 4.18. The van der Waals surface area contributed by atoms with E-state index in [4.69, 9.17) is 6.42 Å². The fourth-order valence-electron chi connectivity index (χ4n) is 2.94. The number of benzene rings is 1. The van der Waals surface area contributed by atoms with E-state index >= 15 is 0 Å². The number of aromatic nitrogens is 2. The molecule has 1 unspecified atom stereocenters. The number of hydrogen-bond acceptors (Lipinski definition) is 6. The van der Waals surface area contributed by atoms with Crippen molar-refractivity contribution in [2.45, 2.75) is 17.4 Å². The number of terminal acetylenes is 1. The molecule has 0 radical (unpaired) electrons. The number of fused-ring (bicyclic) bond motifs is 1. The second-order valence-corrected chi connectivity index (χ2v) is 10.0. The molecule has 1 aliphatic rings. The van der Waals surface area contributed by atoms with Crippen LogP contribution in [0.5, 0.6) is 0 Å². The Balaban J connectivity index is 2.11. The molecule has 0 aliphatic carbocycles. The number of nitrogens with one attached hydrogen (secondary N) is 2. The molecular weight excluding hydrogens is 382 g/mol. The third-order valence-corrected chi connectivity index (χ3v) is 7.83. The van der Waals surface area contributed by atoms with Gasteiger partial charge in [-0.05, 0) is 24.6 Å². The minimum atomic E-state index is -4.13. The molecule has 1 aromatic heterocycles. The van der Waals surface area contributed by atoms with Gasteiger partial charge in [0.05, 0.1) is 33.8 Å². The van der Waals surface area contributed by atoms with E-state index in [-0.39, 0.29) is 40.3 Å². The van der Waals surface area contributed by atoms with Gasteiger partial charge in [-0.15, -0.1) is 6.42 Å². The van der Waals surface area contributed by atoms with Gasteiger partial charge >= 0.3 is 5.69 Å². The predicted octanol–water partition coefficient (Wildman–Crippen LogP) is -0.973. The molecule has 9 nitrogen and oxygen atoms in total. The largest absolute Gasteiger partial charge is 0.326 e. The Morgan fingerprint density at radius 3 is 2.62 bits per heavy atom. The van der Waals surface area contributed by atoms with Crippen molar-refractivity contribution in [1.29, 1.82) is 0 Å². The van der Waals surface area contributed by atoms with E-state index in [0.717, 1.165) is 10.4 Å². The summed E-state index contributed by atoms with van der Waals surface area (Å²) >= 11 is 0. The fraction of sp³-hybridized carbons (Fsp3) is 0.333. The van der Waals surface area contributed by atoms with Crippen molar-refractivity contribution in [3.63, 3.8) is 0 Å². The molecule has 2 heterocycles. The lowest BCUT2D eigenvalue weighted by atomic mass is 10.2. The Hall–Kier alpha value is -2.42. The molecular formula is C15H15N3O6S2. The van der Waals surface area contributed by atoms with Gasteiger partial charge in [0.1, 0.15) is 0 Å². The van der Waals surface area contributed by atoms with Gasteiger partial charge in [-0.25, -0.2) is 21.6 Å². The number of nitrogens with zero attached hydrogens (tertiary/aromatic N) is 1. The van der Waals surface area contributed by atoms with E-state index in [9.17, 15) is 26.4 Å². The van der Waals surface area contributed by atoms with Crippen LogP contribution in [0.25, 0.3) is 10.9 Å². The van der Waals surface area contributed by atoms with Crippen molar-refractivity contribution >= 4 is 30.8 Å². The molecule has 26 heavy (non-hydrogen) atoms. The van der Waals surface area contributed by atoms with Crippen LogP contribution in [-0.2, 0) is 19.9 Å². The van der Waals surface area contributed by atoms with Gasteiger partial charge in [-0.1, -0.05) is 5.92 Å². The third kappa shape index (κ3) is 3.31. The standard InChI is InChI=1S/C15H15N3O6S2/c1-2-6-18(10-5-7-25(21,22)9-10)26(23,24)11-3-4-13-12(8-11)14(19)17-15(20)16-13/h1,3-4,8,10H,5-7,9H2,(H2,16,17,19,20). The summed E-state index contributed by atoms with van der Waals surface area (Å²) in [4.78, 5) is 27.4. The Bertz CT molecular complexity index is 1230. The van der Waals surface area contributed by atoms with Crippen molar-refractivity contribution in [3.8, 4) is 12.3 Å². The van der Waals surface area contributed by atoms with E-state index in [1.54, 1.807) is 0 Å². The summed E-state index contributed by atoms with van der Waals surface area (Å²) in [5.74, 6) is 1.84. The Morgan fingerprint density at radius 1 is 1.27 bits per heavy atom. The van der Waals surface area contributed by atoms with Gasteiger partial charge in [-0.2, -0.15) is 4.31 Å². The molecule has 0 amide bonds. The number of sulfone groups is 1. The lowest BCUT2D eigenvalue weighted by Gasteiger charge is -2.25. The molecule has 138 valence electrons. The first-order valence-corrected chi connectivity index (χ1v) is 10.8. The molecule has 1 saturated heterocycles. The van der Waals surface area contributed by atoms with Crippen molar-refractivity contribution < 1.29 is 16.8 Å². The monoisotopic (exact) mass is 397 g/mol. The van der Waals surface area contributed by atoms with E-state index in [0.29, 0.717) is 0 Å². The SMILES string of the molecule is C#CCN(C1CCS(=O)(=O)C1)S(=O)(=O)c1ccc2[nH]c(=O)[nH]c(=O)c2c1. The lowest BCUT2D eigenvalue weighted by Crippen LogP contribution is -2.41. The molecule has 0 saturated carbocycles. The first-order valence-electron chi connectivity index (χ1n) is 7.56. The van der Waals surface area contributed by atoms with Crippen molar-refractivity contribution in [2.75, 3.05) is 18.1 Å². The van der Waals surface area contributed by atoms with E-state index in [1.807, 2.05) is 4.98 Å². The zero-order valence-corrected chi connectivity index (χ0v) is 15.1. The van der Waals surface area contributed by atoms with Gasteiger partial charge in [0.15, 0.2) is 9.84 Å². The van der Waals surface area contributed by atoms with Crippen LogP contribution < -0.4 is 11.2 Å². The summed E-state index contributed by atoms with van der Waals surface area (Å²) in [5, 5.41) is -0.00891. The highest BCUT2D eigenvalue weighted by atomic mass is 32.2. The first kappa shape index (κ1) is 18.4. The summed E-state index contributed by atoms with van der Waals surface area (Å²) in [6.45, 7) is -0.289. The number of hydrogen-bond donors (Lipinski definition) is 2. The van der Waals surface area contributed by atoms with Gasteiger partial charge in [0.2, 0.25) is 10.0 Å². The summed E-state index contributed by atoms with van der Waals surface area (Å²) in [5.41, 5.74) is -1.25. The second kappa shape index (κ2) is 6.39. The van der Waals surface area contributed by atoms with Crippen LogP contribution in [0.1, 0.15) is 6.42 Å². The van der Waals surface area contributed by atoms with Gasteiger partial charge in [-0.3, -0.25) is 9.78 Å². The quantitative estimate of drug-likeness (QED) is 0.637. The highest BCUT2D eigenvalue weighted by Crippen LogP contribution is 2.25. The summed E-state index contributed by atoms with van der Waals surface area (Å²) in [7, 11) is -7.45. The van der Waals surface area contributed by atoms with Crippen LogP contribution in [0.4, 0.5) is 0 Å². The van der Waals surface area contributed by atoms with Crippen molar-refractivity contribution in [3.05, 3.63) is 39.0 Å². The van der Waals surface area contributed by atoms with E-state index < -0.39 is 37.2 Å². The smallest absolute Gasteiger partial charge is 0.307 e. The summed E-state index contributed by atoms with van der Waals surface area (Å²) in [6, 6.07) is 2.91. The van der Waals surface area contributed by atoms with Gasteiger partial charge in [0.25, 0.3) is 5.56 Å². The van der Waals surface area contributed by atoms with E-state index in [2.05, 4.69) is 10.9 Å². The number of sulfonamides is 1. The minimum absolute atomic E-state index is 0.00891. The maximum absolute atomic E-state index is 13.0. The van der Waals surface area contributed by atoms with Crippen molar-refractivity contribution in [1.82, 2.24) is 14.3 Å². The van der Waals surface area contributed by atoms with Gasteiger partial charge < -0.3 is 4.98 Å². The predicted molar refractivity (Wildman–Crippen MR) is 95.0 cm³/mol. The molecule has 11 heteroatoms. The van der Waals surface area contributed by atoms with Crippen LogP contribution in [-0.4, -0.2) is 55.2 Å². The molecule has 3 rings (SSSR count). The Kier molecular flexibility index (Phi) is 4.51. The molecule has 2 N–H and O–H groups in total. The Labute approximate surface area is 149 Å². The molecule has 1 atom stereocenters.